The number of nitrogens with zero attached hydrogens (tertiary/aromatic N) is 2. The average molecular weight is 263 g/mol. The van der Waals surface area contributed by atoms with Gasteiger partial charge in [-0.05, 0) is 25.0 Å². The summed E-state index contributed by atoms with van der Waals surface area (Å²) in [6.07, 6.45) is 3.87. The van der Waals surface area contributed by atoms with E-state index in [2.05, 4.69) is 10.3 Å². The smallest absolute Gasteiger partial charge is 0.317 e. The molecule has 19 heavy (non-hydrogen) atoms. The van der Waals surface area contributed by atoms with Crippen molar-refractivity contribution in [3.8, 4) is 0 Å². The second-order valence-corrected chi connectivity index (χ2v) is 4.69. The van der Waals surface area contributed by atoms with E-state index < -0.39 is 11.9 Å². The third-order valence-corrected chi connectivity index (χ3v) is 3.50. The normalized spacial score (nSPS) is 22.3. The fourth-order valence-electron chi connectivity index (χ4n) is 2.34. The van der Waals surface area contributed by atoms with Crippen molar-refractivity contribution in [2.75, 3.05) is 6.54 Å². The van der Waals surface area contributed by atoms with Crippen LogP contribution in [-0.2, 0) is 11.3 Å². The summed E-state index contributed by atoms with van der Waals surface area (Å²) < 4.78 is 0. The van der Waals surface area contributed by atoms with E-state index in [0.717, 1.165) is 5.56 Å². The van der Waals surface area contributed by atoms with Crippen molar-refractivity contribution in [1.29, 1.82) is 0 Å². The fraction of sp³-hybridized carbons (Fsp3) is 0.462. The molecule has 0 spiro atoms. The number of likely N-dealkylation sites (tertiary alicyclic amines) is 1. The lowest BCUT2D eigenvalue weighted by Gasteiger charge is -2.23. The van der Waals surface area contributed by atoms with Crippen molar-refractivity contribution >= 4 is 12.0 Å². The van der Waals surface area contributed by atoms with Gasteiger partial charge in [-0.15, -0.1) is 0 Å². The lowest BCUT2D eigenvalue weighted by Crippen LogP contribution is -2.43. The summed E-state index contributed by atoms with van der Waals surface area (Å²) in [5.74, 6) is -1.31. The Bertz CT molecular complexity index is 463. The van der Waals surface area contributed by atoms with Crippen LogP contribution in [0.2, 0.25) is 0 Å². The van der Waals surface area contributed by atoms with Crippen LogP contribution in [0.15, 0.2) is 24.5 Å². The number of carboxylic acids is 1. The first-order valence-corrected chi connectivity index (χ1v) is 6.26. The summed E-state index contributed by atoms with van der Waals surface area (Å²) in [5, 5.41) is 11.8. The van der Waals surface area contributed by atoms with Crippen LogP contribution < -0.4 is 5.32 Å². The Labute approximate surface area is 111 Å². The van der Waals surface area contributed by atoms with E-state index in [9.17, 15) is 9.59 Å². The zero-order valence-corrected chi connectivity index (χ0v) is 10.7. The van der Waals surface area contributed by atoms with Gasteiger partial charge in [0.2, 0.25) is 0 Å². The van der Waals surface area contributed by atoms with E-state index in [-0.39, 0.29) is 12.1 Å². The summed E-state index contributed by atoms with van der Waals surface area (Å²) in [6, 6.07) is 3.19. The van der Waals surface area contributed by atoms with Crippen LogP contribution in [0.4, 0.5) is 4.79 Å². The number of amides is 2. The molecule has 2 atom stereocenters. The molecular formula is C13H17N3O3. The van der Waals surface area contributed by atoms with Crippen molar-refractivity contribution in [2.45, 2.75) is 25.9 Å². The second-order valence-electron chi connectivity index (χ2n) is 4.69. The number of aliphatic carboxylic acids is 1. The fourth-order valence-corrected chi connectivity index (χ4v) is 2.34. The zero-order chi connectivity index (χ0) is 13.8. The van der Waals surface area contributed by atoms with Crippen molar-refractivity contribution in [3.05, 3.63) is 30.1 Å². The van der Waals surface area contributed by atoms with Crippen LogP contribution in [0, 0.1) is 5.92 Å². The number of urea groups is 1. The minimum atomic E-state index is -0.838. The molecule has 6 nitrogen and oxygen atoms in total. The first-order valence-electron chi connectivity index (χ1n) is 6.26. The van der Waals surface area contributed by atoms with Crippen molar-refractivity contribution in [1.82, 2.24) is 15.2 Å². The van der Waals surface area contributed by atoms with E-state index in [1.807, 2.05) is 6.07 Å². The maximum atomic E-state index is 12.0. The SMILES string of the molecule is CC1C(C(=O)O)CCN1C(=O)NCc1cccnc1. The zero-order valence-electron chi connectivity index (χ0n) is 10.7. The molecule has 0 aliphatic carbocycles. The number of carboxylic acid groups (broad SMARTS) is 1. The number of rotatable bonds is 3. The lowest BCUT2D eigenvalue weighted by atomic mass is 10.0. The molecule has 6 heteroatoms. The number of carbonyl (C=O) groups excluding carboxylic acids is 1. The summed E-state index contributed by atoms with van der Waals surface area (Å²) in [4.78, 5) is 28.5. The van der Waals surface area contributed by atoms with Gasteiger partial charge >= 0.3 is 12.0 Å². The third kappa shape index (κ3) is 3.01. The highest BCUT2D eigenvalue weighted by molar-refractivity contribution is 5.78. The summed E-state index contributed by atoms with van der Waals surface area (Å²) in [7, 11) is 0. The second kappa shape index (κ2) is 5.69. The minimum absolute atomic E-state index is 0.222. The molecule has 1 aromatic rings. The lowest BCUT2D eigenvalue weighted by molar-refractivity contribution is -0.142. The standard InChI is InChI=1S/C13H17N3O3/c1-9-11(12(17)18)4-6-16(9)13(19)15-8-10-3-2-5-14-7-10/h2-3,5,7,9,11H,4,6,8H2,1H3,(H,15,19)(H,17,18). The number of carbonyl (C=O) groups is 2. The van der Waals surface area contributed by atoms with Crippen molar-refractivity contribution in [3.63, 3.8) is 0 Å². The maximum absolute atomic E-state index is 12.0. The molecule has 1 aliphatic rings. The highest BCUT2D eigenvalue weighted by Gasteiger charge is 2.37. The van der Waals surface area contributed by atoms with Crippen LogP contribution in [-0.4, -0.2) is 39.6 Å². The molecular weight excluding hydrogens is 246 g/mol. The summed E-state index contributed by atoms with van der Waals surface area (Å²) in [6.45, 7) is 2.65. The quantitative estimate of drug-likeness (QED) is 0.855. The average Bonchev–Trinajstić information content (AvgIpc) is 2.79. The highest BCUT2D eigenvalue weighted by atomic mass is 16.4. The third-order valence-electron chi connectivity index (χ3n) is 3.50. The molecule has 0 aromatic carbocycles. The van der Waals surface area contributed by atoms with Gasteiger partial charge in [-0.2, -0.15) is 0 Å². The van der Waals surface area contributed by atoms with Gasteiger partial charge in [0.25, 0.3) is 0 Å². The highest BCUT2D eigenvalue weighted by Crippen LogP contribution is 2.24. The predicted molar refractivity (Wildman–Crippen MR) is 68.4 cm³/mol. The van der Waals surface area contributed by atoms with Gasteiger partial charge in [-0.1, -0.05) is 6.07 Å². The van der Waals surface area contributed by atoms with E-state index in [0.29, 0.717) is 19.5 Å². The Hall–Kier alpha value is -2.11. The van der Waals surface area contributed by atoms with Crippen molar-refractivity contribution in [2.24, 2.45) is 5.92 Å². The Morgan fingerprint density at radius 2 is 2.37 bits per heavy atom. The van der Waals surface area contributed by atoms with Crippen LogP contribution in [0.3, 0.4) is 0 Å². The largest absolute Gasteiger partial charge is 0.481 e. The van der Waals surface area contributed by atoms with Gasteiger partial charge in [0.15, 0.2) is 0 Å². The number of hydrogen-bond acceptors (Lipinski definition) is 3. The molecule has 102 valence electrons. The molecule has 2 rings (SSSR count). The molecule has 2 unspecified atom stereocenters. The van der Waals surface area contributed by atoms with Gasteiger partial charge in [0.05, 0.1) is 5.92 Å². The molecule has 1 fully saturated rings. The minimum Gasteiger partial charge on any atom is -0.481 e. The van der Waals surface area contributed by atoms with Gasteiger partial charge in [0, 0.05) is 31.5 Å². The number of pyridine rings is 1. The van der Waals surface area contributed by atoms with E-state index in [1.165, 1.54) is 0 Å². The van der Waals surface area contributed by atoms with Gasteiger partial charge in [-0.3, -0.25) is 9.78 Å². The Morgan fingerprint density at radius 1 is 1.58 bits per heavy atom. The summed E-state index contributed by atoms with van der Waals surface area (Å²) in [5.41, 5.74) is 0.914. The molecule has 1 aliphatic heterocycles. The molecule has 2 heterocycles. The molecule has 1 aromatic heterocycles. The van der Waals surface area contributed by atoms with Crippen LogP contribution in [0.5, 0.6) is 0 Å². The van der Waals surface area contributed by atoms with Gasteiger partial charge < -0.3 is 15.3 Å². The molecule has 0 bridgehead atoms. The van der Waals surface area contributed by atoms with Crippen molar-refractivity contribution < 1.29 is 14.7 Å². The molecule has 0 saturated carbocycles. The maximum Gasteiger partial charge on any atom is 0.317 e. The van der Waals surface area contributed by atoms with E-state index >= 15 is 0 Å². The van der Waals surface area contributed by atoms with E-state index in [1.54, 1.807) is 30.3 Å². The van der Waals surface area contributed by atoms with Crippen LogP contribution in [0.1, 0.15) is 18.9 Å². The van der Waals surface area contributed by atoms with Gasteiger partial charge in [0.1, 0.15) is 0 Å². The van der Waals surface area contributed by atoms with Crippen LogP contribution >= 0.6 is 0 Å². The Kier molecular flexibility index (Phi) is 3.99. The molecule has 0 radical (unpaired) electrons. The predicted octanol–water partition coefficient (Wildman–Crippen LogP) is 1.09. The number of hydrogen-bond donors (Lipinski definition) is 2. The summed E-state index contributed by atoms with van der Waals surface area (Å²) >= 11 is 0. The number of nitrogens with one attached hydrogen (secondary N) is 1. The molecule has 2 amide bonds. The number of aromatic nitrogens is 1. The van der Waals surface area contributed by atoms with Crippen LogP contribution in [0.25, 0.3) is 0 Å². The van der Waals surface area contributed by atoms with Gasteiger partial charge in [-0.25, -0.2) is 4.79 Å². The first-order chi connectivity index (χ1) is 9.09. The topological polar surface area (TPSA) is 82.5 Å². The van der Waals surface area contributed by atoms with E-state index in [4.69, 9.17) is 5.11 Å². The molecule has 1 saturated heterocycles. The Morgan fingerprint density at radius 3 is 2.95 bits per heavy atom. The Balaban J connectivity index is 1.89. The molecule has 2 N–H and O–H groups in total. The first kappa shape index (κ1) is 13.3. The monoisotopic (exact) mass is 263 g/mol.